The fourth-order valence-electron chi connectivity index (χ4n) is 2.64. The number of H-pyrrole nitrogens is 1. The summed E-state index contributed by atoms with van der Waals surface area (Å²) in [6, 6.07) is 12.6. The summed E-state index contributed by atoms with van der Waals surface area (Å²) in [5, 5.41) is 13.3. The van der Waals surface area contributed by atoms with Crippen LogP contribution in [0, 0.1) is 6.92 Å². The number of carbonyl (C=O) groups is 1. The van der Waals surface area contributed by atoms with Crippen LogP contribution in [0.1, 0.15) is 15.9 Å². The van der Waals surface area contributed by atoms with Gasteiger partial charge in [0.15, 0.2) is 0 Å². The maximum Gasteiger partial charge on any atom is 0.338 e. The fourth-order valence-corrected chi connectivity index (χ4v) is 2.64. The second-order valence-electron chi connectivity index (χ2n) is 5.97. The summed E-state index contributed by atoms with van der Waals surface area (Å²) < 4.78 is 7.01. The van der Waals surface area contributed by atoms with E-state index in [4.69, 9.17) is 9.84 Å². The lowest BCUT2D eigenvalue weighted by Gasteiger charge is -2.08. The monoisotopic (exact) mass is 362 g/mol. The summed E-state index contributed by atoms with van der Waals surface area (Å²) in [7, 11) is 0. The van der Waals surface area contributed by atoms with Crippen LogP contribution in [0.5, 0.6) is 11.5 Å². The highest BCUT2D eigenvalue weighted by atomic mass is 16.5. The summed E-state index contributed by atoms with van der Waals surface area (Å²) in [5.41, 5.74) is 1.13. The van der Waals surface area contributed by atoms with Gasteiger partial charge < -0.3 is 9.84 Å². The van der Waals surface area contributed by atoms with Crippen LogP contribution in [0.25, 0.3) is 16.9 Å². The van der Waals surface area contributed by atoms with Crippen molar-refractivity contribution in [2.45, 2.75) is 6.92 Å². The number of hydrogen-bond acceptors (Lipinski definition) is 5. The van der Waals surface area contributed by atoms with Gasteiger partial charge in [0, 0.05) is 6.20 Å². The quantitative estimate of drug-likeness (QED) is 0.578. The average molecular weight is 362 g/mol. The predicted octanol–water partition coefficient (Wildman–Crippen LogP) is 2.91. The standard InChI is InChI=1S/C19H14N4O4/c1-11-3-2-4-13(7-11)27-14-5-6-16-15(8-14)17(24)22-19(21-16)23-10-12(9-20-23)18(25)26/h2-10H,1H3,(H,25,26)(H,21,22,24). The van der Waals surface area contributed by atoms with E-state index < -0.39 is 5.97 Å². The van der Waals surface area contributed by atoms with Crippen molar-refractivity contribution >= 4 is 16.9 Å². The Bertz CT molecular complexity index is 1230. The van der Waals surface area contributed by atoms with Gasteiger partial charge in [0.05, 0.1) is 22.7 Å². The SMILES string of the molecule is Cc1cccc(Oc2ccc3nc(-n4cc(C(=O)O)cn4)[nH]c(=O)c3c2)c1. The van der Waals surface area contributed by atoms with Gasteiger partial charge in [-0.1, -0.05) is 12.1 Å². The van der Waals surface area contributed by atoms with Crippen LogP contribution in [0.4, 0.5) is 0 Å². The molecule has 2 aromatic carbocycles. The Labute approximate surface area is 152 Å². The van der Waals surface area contributed by atoms with Crippen molar-refractivity contribution in [3.8, 4) is 17.4 Å². The van der Waals surface area contributed by atoms with Crippen molar-refractivity contribution in [3.63, 3.8) is 0 Å². The fraction of sp³-hybridized carbons (Fsp3) is 0.0526. The minimum Gasteiger partial charge on any atom is -0.478 e. The second kappa shape index (κ2) is 6.41. The van der Waals surface area contributed by atoms with Gasteiger partial charge in [-0.05, 0) is 42.8 Å². The van der Waals surface area contributed by atoms with Crippen molar-refractivity contribution in [1.82, 2.24) is 19.7 Å². The molecule has 2 heterocycles. The van der Waals surface area contributed by atoms with Crippen LogP contribution in [-0.2, 0) is 0 Å². The maximum atomic E-state index is 12.5. The molecule has 0 saturated heterocycles. The Balaban J connectivity index is 1.71. The molecule has 0 unspecified atom stereocenters. The first-order valence-electron chi connectivity index (χ1n) is 8.06. The Morgan fingerprint density at radius 1 is 1.19 bits per heavy atom. The van der Waals surface area contributed by atoms with Crippen LogP contribution >= 0.6 is 0 Å². The van der Waals surface area contributed by atoms with E-state index >= 15 is 0 Å². The van der Waals surface area contributed by atoms with E-state index in [0.717, 1.165) is 5.56 Å². The molecule has 0 fully saturated rings. The number of ether oxygens (including phenoxy) is 1. The highest BCUT2D eigenvalue weighted by Gasteiger charge is 2.11. The van der Waals surface area contributed by atoms with Gasteiger partial charge in [-0.2, -0.15) is 5.10 Å². The third-order valence-corrected chi connectivity index (χ3v) is 3.94. The summed E-state index contributed by atoms with van der Waals surface area (Å²) in [6.07, 6.45) is 2.47. The molecule has 27 heavy (non-hydrogen) atoms. The Morgan fingerprint density at radius 2 is 2.00 bits per heavy atom. The summed E-state index contributed by atoms with van der Waals surface area (Å²) in [5.74, 6) is 0.211. The highest BCUT2D eigenvalue weighted by molar-refractivity contribution is 5.87. The first-order chi connectivity index (χ1) is 13.0. The minimum atomic E-state index is -1.11. The molecular formula is C19H14N4O4. The van der Waals surface area contributed by atoms with E-state index in [1.54, 1.807) is 18.2 Å². The molecule has 0 saturated carbocycles. The van der Waals surface area contributed by atoms with Gasteiger partial charge in [-0.25, -0.2) is 14.5 Å². The lowest BCUT2D eigenvalue weighted by Crippen LogP contribution is -2.14. The number of carboxylic acid groups (broad SMARTS) is 1. The van der Waals surface area contributed by atoms with E-state index in [2.05, 4.69) is 15.1 Å². The Morgan fingerprint density at radius 3 is 2.74 bits per heavy atom. The molecule has 0 spiro atoms. The molecule has 0 amide bonds. The molecule has 0 atom stereocenters. The molecule has 0 bridgehead atoms. The molecule has 0 aliphatic rings. The highest BCUT2D eigenvalue weighted by Crippen LogP contribution is 2.24. The number of rotatable bonds is 4. The first-order valence-corrected chi connectivity index (χ1v) is 8.06. The summed E-state index contributed by atoms with van der Waals surface area (Å²) >= 11 is 0. The number of aromatic amines is 1. The van der Waals surface area contributed by atoms with Crippen LogP contribution < -0.4 is 10.3 Å². The third-order valence-electron chi connectivity index (χ3n) is 3.94. The number of fused-ring (bicyclic) bond motifs is 1. The van der Waals surface area contributed by atoms with Crippen molar-refractivity contribution in [2.75, 3.05) is 0 Å². The van der Waals surface area contributed by atoms with Gasteiger partial charge in [0.2, 0.25) is 5.95 Å². The van der Waals surface area contributed by atoms with E-state index in [1.807, 2.05) is 31.2 Å². The molecule has 134 valence electrons. The number of nitrogens with zero attached hydrogens (tertiary/aromatic N) is 3. The lowest BCUT2D eigenvalue weighted by atomic mass is 10.2. The molecule has 2 N–H and O–H groups in total. The number of hydrogen-bond donors (Lipinski definition) is 2. The van der Waals surface area contributed by atoms with Crippen molar-refractivity contribution in [1.29, 1.82) is 0 Å². The molecule has 4 rings (SSSR count). The largest absolute Gasteiger partial charge is 0.478 e. The third kappa shape index (κ3) is 3.28. The Kier molecular flexibility index (Phi) is 3.92. The summed E-state index contributed by atoms with van der Waals surface area (Å²) in [6.45, 7) is 1.97. The maximum absolute atomic E-state index is 12.5. The number of aromatic carboxylic acids is 1. The predicted molar refractivity (Wildman–Crippen MR) is 97.7 cm³/mol. The van der Waals surface area contributed by atoms with Crippen molar-refractivity contribution < 1.29 is 14.6 Å². The first kappa shape index (κ1) is 16.5. The van der Waals surface area contributed by atoms with Gasteiger partial charge >= 0.3 is 5.97 Å². The second-order valence-corrected chi connectivity index (χ2v) is 5.97. The van der Waals surface area contributed by atoms with E-state index in [0.29, 0.717) is 22.4 Å². The van der Waals surface area contributed by atoms with E-state index in [1.165, 1.54) is 17.1 Å². The smallest absolute Gasteiger partial charge is 0.338 e. The summed E-state index contributed by atoms with van der Waals surface area (Å²) in [4.78, 5) is 30.4. The molecule has 8 heteroatoms. The lowest BCUT2D eigenvalue weighted by molar-refractivity contribution is 0.0697. The molecule has 0 aliphatic carbocycles. The van der Waals surface area contributed by atoms with Crippen molar-refractivity contribution in [2.24, 2.45) is 0 Å². The van der Waals surface area contributed by atoms with Crippen LogP contribution in [0.15, 0.2) is 59.7 Å². The zero-order valence-electron chi connectivity index (χ0n) is 14.2. The van der Waals surface area contributed by atoms with Gasteiger partial charge in [-0.15, -0.1) is 0 Å². The normalized spacial score (nSPS) is 10.9. The number of aromatic nitrogens is 4. The minimum absolute atomic E-state index is 0.000326. The molecule has 8 nitrogen and oxygen atoms in total. The average Bonchev–Trinajstić information content (AvgIpc) is 3.13. The van der Waals surface area contributed by atoms with Gasteiger partial charge in [0.25, 0.3) is 5.56 Å². The number of carboxylic acids is 1. The van der Waals surface area contributed by atoms with E-state index in [-0.39, 0.29) is 17.1 Å². The number of benzene rings is 2. The number of nitrogens with one attached hydrogen (secondary N) is 1. The van der Waals surface area contributed by atoms with Crippen LogP contribution in [0.2, 0.25) is 0 Å². The van der Waals surface area contributed by atoms with E-state index in [9.17, 15) is 9.59 Å². The van der Waals surface area contributed by atoms with Gasteiger partial charge in [-0.3, -0.25) is 9.78 Å². The molecule has 0 aliphatic heterocycles. The van der Waals surface area contributed by atoms with Crippen molar-refractivity contribution in [3.05, 3.63) is 76.3 Å². The zero-order valence-corrected chi connectivity index (χ0v) is 14.2. The molecule has 0 radical (unpaired) electrons. The Hall–Kier alpha value is -3.94. The topological polar surface area (TPSA) is 110 Å². The zero-order chi connectivity index (χ0) is 19.0. The van der Waals surface area contributed by atoms with Gasteiger partial charge in [0.1, 0.15) is 11.5 Å². The van der Waals surface area contributed by atoms with Crippen LogP contribution in [-0.4, -0.2) is 30.8 Å². The molecular weight excluding hydrogens is 348 g/mol. The van der Waals surface area contributed by atoms with Crippen LogP contribution in [0.3, 0.4) is 0 Å². The molecule has 4 aromatic rings. The molecule has 2 aromatic heterocycles. The number of aryl methyl sites for hydroxylation is 1.